The third kappa shape index (κ3) is 4.01. The van der Waals surface area contributed by atoms with Gasteiger partial charge in [0.1, 0.15) is 0 Å². The van der Waals surface area contributed by atoms with Crippen LogP contribution in [-0.4, -0.2) is 13.7 Å². The van der Waals surface area contributed by atoms with Crippen molar-refractivity contribution in [3.63, 3.8) is 0 Å². The van der Waals surface area contributed by atoms with Crippen LogP contribution in [-0.2, 0) is 16.4 Å². The Bertz CT molecular complexity index is 426. The number of sulfonamides is 1. The second-order valence-electron chi connectivity index (χ2n) is 3.93. The van der Waals surface area contributed by atoms with E-state index in [1.165, 1.54) is 5.56 Å². The molecule has 0 aliphatic carbocycles. The predicted molar refractivity (Wildman–Crippen MR) is 62.1 cm³/mol. The molecule has 0 spiro atoms. The smallest absolute Gasteiger partial charge is 0.211 e. The first-order chi connectivity index (χ1) is 6.89. The van der Waals surface area contributed by atoms with Gasteiger partial charge in [-0.2, -0.15) is 0 Å². The number of benzene rings is 1. The third-order valence-corrected chi connectivity index (χ3v) is 3.84. The maximum Gasteiger partial charge on any atom is 0.211 e. The molecule has 1 aromatic carbocycles. The summed E-state index contributed by atoms with van der Waals surface area (Å²) >= 11 is 0. The molecule has 0 aliphatic heterocycles. The second-order valence-corrected chi connectivity index (χ2v) is 5.91. The van der Waals surface area contributed by atoms with Crippen LogP contribution in [0.15, 0.2) is 24.3 Å². The molecule has 0 bridgehead atoms. The molecule has 0 heterocycles. The van der Waals surface area contributed by atoms with E-state index in [0.717, 1.165) is 12.0 Å². The van der Waals surface area contributed by atoms with E-state index in [1.54, 1.807) is 6.92 Å². The van der Waals surface area contributed by atoms with Gasteiger partial charge in [-0.1, -0.05) is 29.8 Å². The van der Waals surface area contributed by atoms with Crippen LogP contribution in [0, 0.1) is 6.92 Å². The van der Waals surface area contributed by atoms with Crippen LogP contribution >= 0.6 is 0 Å². The van der Waals surface area contributed by atoms with Crippen LogP contribution in [0.5, 0.6) is 0 Å². The molecular weight excluding hydrogens is 210 g/mol. The molecule has 0 fully saturated rings. The number of hydrogen-bond donors (Lipinski definition) is 1. The van der Waals surface area contributed by atoms with Gasteiger partial charge in [-0.15, -0.1) is 0 Å². The highest BCUT2D eigenvalue weighted by Crippen LogP contribution is 2.10. The predicted octanol–water partition coefficient (Wildman–Crippen LogP) is 1.60. The third-order valence-electron chi connectivity index (χ3n) is 2.48. The molecule has 84 valence electrons. The van der Waals surface area contributed by atoms with Crippen molar-refractivity contribution in [1.29, 1.82) is 0 Å². The minimum Gasteiger partial charge on any atom is -0.228 e. The zero-order chi connectivity index (χ0) is 11.5. The normalized spacial score (nSPS) is 13.8. The summed E-state index contributed by atoms with van der Waals surface area (Å²) in [6.07, 6.45) is 1.32. The standard InChI is InChI=1S/C11H17NO2S/c1-9-4-3-5-11(8-9)7-6-10(2)15(12,13)14/h3-5,8,10H,6-7H2,1-2H3,(H2,12,13,14). The summed E-state index contributed by atoms with van der Waals surface area (Å²) in [6.45, 7) is 3.66. The highest BCUT2D eigenvalue weighted by atomic mass is 32.2. The van der Waals surface area contributed by atoms with Gasteiger partial charge < -0.3 is 0 Å². The fourth-order valence-corrected chi connectivity index (χ4v) is 1.85. The maximum atomic E-state index is 11.0. The Morgan fingerprint density at radius 3 is 2.60 bits per heavy atom. The lowest BCUT2D eigenvalue weighted by Gasteiger charge is -2.08. The Hall–Kier alpha value is -0.870. The Balaban J connectivity index is 2.58. The van der Waals surface area contributed by atoms with Gasteiger partial charge >= 0.3 is 0 Å². The first-order valence-corrected chi connectivity index (χ1v) is 6.57. The van der Waals surface area contributed by atoms with Crippen molar-refractivity contribution < 1.29 is 8.42 Å². The highest BCUT2D eigenvalue weighted by molar-refractivity contribution is 7.89. The van der Waals surface area contributed by atoms with E-state index < -0.39 is 15.3 Å². The van der Waals surface area contributed by atoms with E-state index in [1.807, 2.05) is 25.1 Å². The monoisotopic (exact) mass is 227 g/mol. The molecule has 0 saturated carbocycles. The number of rotatable bonds is 4. The highest BCUT2D eigenvalue weighted by Gasteiger charge is 2.14. The quantitative estimate of drug-likeness (QED) is 0.849. The van der Waals surface area contributed by atoms with Crippen LogP contribution in [0.1, 0.15) is 24.5 Å². The molecule has 0 saturated heterocycles. The Morgan fingerprint density at radius 1 is 1.40 bits per heavy atom. The summed E-state index contributed by atoms with van der Waals surface area (Å²) in [5, 5.41) is 4.57. The van der Waals surface area contributed by atoms with E-state index in [2.05, 4.69) is 6.07 Å². The first-order valence-electron chi connectivity index (χ1n) is 4.97. The number of primary sulfonamides is 1. The Kier molecular flexibility index (Phi) is 3.88. The minimum absolute atomic E-state index is 0.474. The van der Waals surface area contributed by atoms with Gasteiger partial charge in [-0.05, 0) is 32.3 Å². The molecule has 0 aromatic heterocycles. The van der Waals surface area contributed by atoms with Crippen LogP contribution in [0.3, 0.4) is 0 Å². The molecule has 0 amide bonds. The van der Waals surface area contributed by atoms with Crippen molar-refractivity contribution in [3.8, 4) is 0 Å². The van der Waals surface area contributed by atoms with E-state index in [-0.39, 0.29) is 0 Å². The Morgan fingerprint density at radius 2 is 2.07 bits per heavy atom. The number of aryl methyl sites for hydroxylation is 2. The van der Waals surface area contributed by atoms with Crippen molar-refractivity contribution in [2.24, 2.45) is 5.14 Å². The van der Waals surface area contributed by atoms with Crippen LogP contribution in [0.25, 0.3) is 0 Å². The SMILES string of the molecule is Cc1cccc(CCC(C)S(N)(=O)=O)c1. The fourth-order valence-electron chi connectivity index (χ4n) is 1.40. The topological polar surface area (TPSA) is 60.2 Å². The molecular formula is C11H17NO2S. The summed E-state index contributed by atoms with van der Waals surface area (Å²) in [5.41, 5.74) is 2.35. The van der Waals surface area contributed by atoms with Gasteiger partial charge in [0, 0.05) is 0 Å². The van der Waals surface area contributed by atoms with Gasteiger partial charge in [0.25, 0.3) is 0 Å². The molecule has 1 unspecified atom stereocenters. The molecule has 4 heteroatoms. The molecule has 1 atom stereocenters. The molecule has 1 aromatic rings. The molecule has 0 radical (unpaired) electrons. The summed E-state index contributed by atoms with van der Waals surface area (Å²) in [6, 6.07) is 8.07. The minimum atomic E-state index is -3.38. The lowest BCUT2D eigenvalue weighted by Crippen LogP contribution is -2.26. The van der Waals surface area contributed by atoms with Crippen LogP contribution < -0.4 is 5.14 Å². The summed E-state index contributed by atoms with van der Waals surface area (Å²) in [5.74, 6) is 0. The zero-order valence-corrected chi connectivity index (χ0v) is 9.92. The number of nitrogens with two attached hydrogens (primary N) is 1. The van der Waals surface area contributed by atoms with E-state index in [0.29, 0.717) is 6.42 Å². The average molecular weight is 227 g/mol. The first kappa shape index (κ1) is 12.2. The molecule has 1 rings (SSSR count). The zero-order valence-electron chi connectivity index (χ0n) is 9.10. The summed E-state index contributed by atoms with van der Waals surface area (Å²) < 4.78 is 22.0. The maximum absolute atomic E-state index is 11.0. The molecule has 15 heavy (non-hydrogen) atoms. The van der Waals surface area contributed by atoms with E-state index >= 15 is 0 Å². The summed E-state index contributed by atoms with van der Waals surface area (Å²) in [4.78, 5) is 0. The van der Waals surface area contributed by atoms with Gasteiger partial charge in [0.05, 0.1) is 5.25 Å². The largest absolute Gasteiger partial charge is 0.228 e. The van der Waals surface area contributed by atoms with Gasteiger partial charge in [-0.25, -0.2) is 13.6 Å². The van der Waals surface area contributed by atoms with Gasteiger partial charge in [0.2, 0.25) is 10.0 Å². The number of hydrogen-bond acceptors (Lipinski definition) is 2. The van der Waals surface area contributed by atoms with Gasteiger partial charge in [-0.3, -0.25) is 0 Å². The molecule has 3 nitrogen and oxygen atoms in total. The van der Waals surface area contributed by atoms with Crippen LogP contribution in [0.2, 0.25) is 0 Å². The lowest BCUT2D eigenvalue weighted by molar-refractivity contribution is 0.579. The van der Waals surface area contributed by atoms with Gasteiger partial charge in [0.15, 0.2) is 0 Å². The second kappa shape index (κ2) is 4.77. The van der Waals surface area contributed by atoms with E-state index in [9.17, 15) is 8.42 Å². The Labute approximate surface area is 91.4 Å². The molecule has 2 N–H and O–H groups in total. The van der Waals surface area contributed by atoms with Crippen molar-refractivity contribution in [2.75, 3.05) is 0 Å². The van der Waals surface area contributed by atoms with E-state index in [4.69, 9.17) is 5.14 Å². The van der Waals surface area contributed by atoms with Crippen molar-refractivity contribution in [3.05, 3.63) is 35.4 Å². The fraction of sp³-hybridized carbons (Fsp3) is 0.455. The molecule has 0 aliphatic rings. The van der Waals surface area contributed by atoms with Crippen molar-refractivity contribution in [2.45, 2.75) is 31.9 Å². The average Bonchev–Trinajstić information content (AvgIpc) is 2.12. The van der Waals surface area contributed by atoms with Crippen molar-refractivity contribution >= 4 is 10.0 Å². The summed E-state index contributed by atoms with van der Waals surface area (Å²) in [7, 11) is -3.38. The van der Waals surface area contributed by atoms with Crippen LogP contribution in [0.4, 0.5) is 0 Å². The van der Waals surface area contributed by atoms with Crippen molar-refractivity contribution in [1.82, 2.24) is 0 Å². The lowest BCUT2D eigenvalue weighted by atomic mass is 10.1.